The quantitative estimate of drug-likeness (QED) is 0.302. The molecule has 0 saturated carbocycles. The molecule has 72 valence electrons. The van der Waals surface area contributed by atoms with Crippen LogP contribution in [-0.4, -0.2) is 20.6 Å². The van der Waals surface area contributed by atoms with Gasteiger partial charge in [0.2, 0.25) is 0 Å². The number of rotatable bonds is 3. The van der Waals surface area contributed by atoms with Crippen LogP contribution in [0.1, 0.15) is 7.43 Å². The number of thiol groups is 3. The van der Waals surface area contributed by atoms with Gasteiger partial charge >= 0.3 is 0 Å². The van der Waals surface area contributed by atoms with Gasteiger partial charge in [-0.3, -0.25) is 0 Å². The molecule has 0 radical (unpaired) electrons. The van der Waals surface area contributed by atoms with Gasteiger partial charge in [-0.2, -0.15) is 12.6 Å². The average molecular weight is 260 g/mol. The van der Waals surface area contributed by atoms with Crippen LogP contribution in [0.3, 0.4) is 0 Å². The van der Waals surface area contributed by atoms with E-state index in [-0.39, 0.29) is 12.8 Å². The summed E-state index contributed by atoms with van der Waals surface area (Å²) in [5.74, 6) is 0. The summed E-state index contributed by atoms with van der Waals surface area (Å²) >= 11 is 21.2. The molecule has 0 amide bonds. The second-order valence-electron chi connectivity index (χ2n) is 1.65. The molecular weight excluding hydrogens is 248 g/mol. The molecule has 0 fully saturated rings. The summed E-state index contributed by atoms with van der Waals surface area (Å²) in [4.78, 5) is 0. The highest BCUT2D eigenvalue weighted by Crippen LogP contribution is 1.91. The molecule has 0 saturated heterocycles. The molecule has 0 bridgehead atoms. The second-order valence-corrected chi connectivity index (χ2v) is 4.59. The minimum Gasteiger partial charge on any atom is -0.368 e. The Bertz CT molecular complexity index is 160. The van der Waals surface area contributed by atoms with Crippen molar-refractivity contribution in [1.29, 1.82) is 0 Å². The van der Waals surface area contributed by atoms with Crippen molar-refractivity contribution >= 4 is 71.0 Å². The average Bonchev–Trinajstić information content (AvgIpc) is 1.82. The summed E-state index contributed by atoms with van der Waals surface area (Å²) in [6, 6.07) is 0. The fraction of sp³-hybridized carbons (Fsp3) is 0.600. The third-order valence-corrected chi connectivity index (χ3v) is 1.60. The van der Waals surface area contributed by atoms with E-state index in [9.17, 15) is 0 Å². The molecule has 0 aliphatic rings. The van der Waals surface area contributed by atoms with Crippen molar-refractivity contribution in [3.05, 3.63) is 0 Å². The molecule has 2 N–H and O–H groups in total. The molecule has 0 aromatic heterocycles. The van der Waals surface area contributed by atoms with Gasteiger partial charge in [-0.05, 0) is 0 Å². The first-order valence-corrected chi connectivity index (χ1v) is 4.89. The predicted octanol–water partition coefficient (Wildman–Crippen LogP) is 1.49. The minimum absolute atomic E-state index is 0. The van der Waals surface area contributed by atoms with Gasteiger partial charge in [0.15, 0.2) is 0 Å². The SMILES string of the molecule is C.S=C(S)NCC(S)NC(=S)S. The standard InChI is InChI=1S/C4H8N2S5.CH4/c7-2(6-4(10)11)1-5-3(8)9;/h2,7H,1H2,(H2,5,8,9)(H2,6,10,11);1H4. The summed E-state index contributed by atoms with van der Waals surface area (Å²) in [7, 11) is 0. The van der Waals surface area contributed by atoms with E-state index in [1.165, 1.54) is 0 Å². The van der Waals surface area contributed by atoms with Crippen LogP contribution in [0, 0.1) is 0 Å². The van der Waals surface area contributed by atoms with Gasteiger partial charge in [-0.25, -0.2) is 0 Å². The lowest BCUT2D eigenvalue weighted by molar-refractivity contribution is 0.787. The van der Waals surface area contributed by atoms with E-state index in [1.807, 2.05) is 0 Å². The number of nitrogens with one attached hydrogen (secondary N) is 2. The Morgan fingerprint density at radius 1 is 1.25 bits per heavy atom. The maximum absolute atomic E-state index is 4.68. The lowest BCUT2D eigenvalue weighted by Crippen LogP contribution is -2.36. The van der Waals surface area contributed by atoms with Crippen molar-refractivity contribution in [2.24, 2.45) is 0 Å². The molecule has 7 heteroatoms. The first-order valence-electron chi connectivity index (χ1n) is 2.66. The summed E-state index contributed by atoms with van der Waals surface area (Å²) in [6.07, 6.45) is 0. The Kier molecular flexibility index (Phi) is 10.8. The monoisotopic (exact) mass is 260 g/mol. The molecule has 2 nitrogen and oxygen atoms in total. The van der Waals surface area contributed by atoms with Gasteiger partial charge in [0.05, 0.1) is 5.37 Å². The first kappa shape index (κ1) is 15.3. The van der Waals surface area contributed by atoms with Crippen LogP contribution in [0.4, 0.5) is 0 Å². The smallest absolute Gasteiger partial charge is 0.131 e. The van der Waals surface area contributed by atoms with Gasteiger partial charge in [0, 0.05) is 6.54 Å². The van der Waals surface area contributed by atoms with E-state index in [0.29, 0.717) is 15.2 Å². The maximum Gasteiger partial charge on any atom is 0.131 e. The third kappa shape index (κ3) is 10.8. The van der Waals surface area contributed by atoms with Crippen LogP contribution < -0.4 is 10.6 Å². The fourth-order valence-electron chi connectivity index (χ4n) is 0.378. The topological polar surface area (TPSA) is 24.1 Å². The Morgan fingerprint density at radius 3 is 2.08 bits per heavy atom. The highest BCUT2D eigenvalue weighted by molar-refractivity contribution is 8.11. The van der Waals surface area contributed by atoms with Gasteiger partial charge in [0.1, 0.15) is 8.64 Å². The summed E-state index contributed by atoms with van der Waals surface area (Å²) in [5.41, 5.74) is 0. The number of thiocarbonyl (C=S) groups is 2. The third-order valence-electron chi connectivity index (χ3n) is 0.737. The molecule has 0 aromatic rings. The Hall–Kier alpha value is 0.830. The molecule has 0 spiro atoms. The first-order chi connectivity index (χ1) is 5.02. The number of hydrogen-bond donors (Lipinski definition) is 5. The molecule has 1 unspecified atom stereocenters. The van der Waals surface area contributed by atoms with Crippen LogP contribution in [0.15, 0.2) is 0 Å². The lowest BCUT2D eigenvalue weighted by Gasteiger charge is -2.12. The van der Waals surface area contributed by atoms with Gasteiger partial charge in [-0.1, -0.05) is 31.9 Å². The molecular formula is C5H12N2S5. The zero-order valence-corrected chi connectivity index (χ0v) is 9.76. The highest BCUT2D eigenvalue weighted by atomic mass is 32.1. The van der Waals surface area contributed by atoms with Crippen LogP contribution in [0.25, 0.3) is 0 Å². The molecule has 0 heterocycles. The molecule has 0 aliphatic carbocycles. The van der Waals surface area contributed by atoms with Gasteiger partial charge in [-0.15, -0.1) is 25.3 Å². The molecule has 0 rings (SSSR count). The summed E-state index contributed by atoms with van der Waals surface area (Å²) in [6.45, 7) is 0.562. The van der Waals surface area contributed by atoms with Gasteiger partial charge in [0.25, 0.3) is 0 Å². The van der Waals surface area contributed by atoms with Crippen molar-refractivity contribution in [2.75, 3.05) is 6.54 Å². The molecule has 0 aromatic carbocycles. The normalized spacial score (nSPS) is 10.9. The summed E-state index contributed by atoms with van der Waals surface area (Å²) in [5, 5.41) is 5.52. The minimum atomic E-state index is -0.0925. The van der Waals surface area contributed by atoms with Crippen molar-refractivity contribution in [1.82, 2.24) is 10.6 Å². The van der Waals surface area contributed by atoms with E-state index in [1.54, 1.807) is 0 Å². The Morgan fingerprint density at radius 2 is 1.75 bits per heavy atom. The zero-order valence-electron chi connectivity index (χ0n) is 5.44. The van der Waals surface area contributed by atoms with Crippen LogP contribution in [0.2, 0.25) is 0 Å². The fourth-order valence-corrected chi connectivity index (χ4v) is 1.26. The van der Waals surface area contributed by atoms with Crippen molar-refractivity contribution in [2.45, 2.75) is 12.8 Å². The van der Waals surface area contributed by atoms with Gasteiger partial charge < -0.3 is 10.6 Å². The van der Waals surface area contributed by atoms with Crippen molar-refractivity contribution in [3.8, 4) is 0 Å². The van der Waals surface area contributed by atoms with Crippen molar-refractivity contribution < 1.29 is 0 Å². The van der Waals surface area contributed by atoms with E-state index in [2.05, 4.69) is 73.0 Å². The van der Waals surface area contributed by atoms with Crippen LogP contribution >= 0.6 is 62.3 Å². The predicted molar refractivity (Wildman–Crippen MR) is 73.8 cm³/mol. The molecule has 12 heavy (non-hydrogen) atoms. The summed E-state index contributed by atoms with van der Waals surface area (Å²) < 4.78 is 0.854. The lowest BCUT2D eigenvalue weighted by atomic mass is 10.6. The Balaban J connectivity index is 0. The maximum atomic E-state index is 4.68. The highest BCUT2D eigenvalue weighted by Gasteiger charge is 2.01. The number of hydrogen-bond acceptors (Lipinski definition) is 3. The molecule has 0 aliphatic heterocycles. The Labute approximate surface area is 100 Å². The van der Waals surface area contributed by atoms with Crippen LogP contribution in [0.5, 0.6) is 0 Å². The second kappa shape index (κ2) is 8.43. The van der Waals surface area contributed by atoms with E-state index in [4.69, 9.17) is 0 Å². The van der Waals surface area contributed by atoms with Crippen molar-refractivity contribution in [3.63, 3.8) is 0 Å². The van der Waals surface area contributed by atoms with Crippen LogP contribution in [-0.2, 0) is 0 Å². The van der Waals surface area contributed by atoms with E-state index in [0.717, 1.165) is 0 Å². The largest absolute Gasteiger partial charge is 0.368 e. The molecule has 1 atom stereocenters. The zero-order chi connectivity index (χ0) is 8.85. The van der Waals surface area contributed by atoms with E-state index >= 15 is 0 Å². The van der Waals surface area contributed by atoms with E-state index < -0.39 is 0 Å².